The molecule has 2 amide bonds. The lowest BCUT2D eigenvalue weighted by molar-refractivity contribution is -0.161. The molecule has 7 atom stereocenters. The molecule has 1 aliphatic heterocycles. The summed E-state index contributed by atoms with van der Waals surface area (Å²) in [6.45, 7) is 9.90. The van der Waals surface area contributed by atoms with Crippen LogP contribution in [0.15, 0.2) is 24.3 Å². The zero-order valence-electron chi connectivity index (χ0n) is 26.0. The maximum atomic E-state index is 13.8. The minimum Gasteiger partial charge on any atom is -0.393 e. The first-order valence-electron chi connectivity index (χ1n) is 15.8. The van der Waals surface area contributed by atoms with Crippen LogP contribution in [0.25, 0.3) is 0 Å². The van der Waals surface area contributed by atoms with E-state index < -0.39 is 12.1 Å². The summed E-state index contributed by atoms with van der Waals surface area (Å²) in [6.07, 6.45) is 6.82. The second-order valence-electron chi connectivity index (χ2n) is 14.4. The molecule has 0 radical (unpaired) electrons. The number of hydrogen-bond donors (Lipinski definition) is 3. The first-order valence-corrected chi connectivity index (χ1v) is 15.8. The highest BCUT2D eigenvalue weighted by atomic mass is 16.7. The quantitative estimate of drug-likeness (QED) is 0.419. The maximum Gasteiger partial charge on any atom is 0.240 e. The van der Waals surface area contributed by atoms with Gasteiger partial charge in [-0.1, -0.05) is 64.3 Å². The molecule has 1 saturated heterocycles. The van der Waals surface area contributed by atoms with Crippen LogP contribution >= 0.6 is 0 Å². The van der Waals surface area contributed by atoms with Crippen molar-refractivity contribution < 1.29 is 19.5 Å². The third-order valence-corrected chi connectivity index (χ3v) is 11.1. The van der Waals surface area contributed by atoms with Gasteiger partial charge in [0.05, 0.1) is 31.3 Å². The van der Waals surface area contributed by atoms with Gasteiger partial charge in [-0.15, -0.1) is 0 Å². The number of carbonyl (C=O) groups excluding carboxylic acids is 2. The van der Waals surface area contributed by atoms with E-state index in [1.54, 1.807) is 12.0 Å². The van der Waals surface area contributed by atoms with Crippen LogP contribution in [0.1, 0.15) is 83.8 Å². The van der Waals surface area contributed by atoms with Crippen molar-refractivity contribution in [3.63, 3.8) is 0 Å². The van der Waals surface area contributed by atoms with E-state index in [-0.39, 0.29) is 29.3 Å². The normalized spacial score (nSPS) is 33.2. The van der Waals surface area contributed by atoms with Crippen LogP contribution in [0.2, 0.25) is 0 Å². The fraction of sp³-hybridized carbons (Fsp3) is 0.758. The van der Waals surface area contributed by atoms with E-state index in [4.69, 9.17) is 4.84 Å². The summed E-state index contributed by atoms with van der Waals surface area (Å²) in [6, 6.07) is 8.02. The average molecular weight is 569 g/mol. The topological polar surface area (TPSA) is 94.1 Å². The molecule has 4 aliphatic carbocycles. The van der Waals surface area contributed by atoms with Crippen LogP contribution in [0.4, 0.5) is 0 Å². The van der Waals surface area contributed by atoms with E-state index in [1.807, 2.05) is 25.1 Å². The minimum atomic E-state index is -0.657. The summed E-state index contributed by atoms with van der Waals surface area (Å²) in [4.78, 5) is 34.7. The molecule has 2 bridgehead atoms. The van der Waals surface area contributed by atoms with Gasteiger partial charge in [-0.2, -0.15) is 5.06 Å². The molecule has 1 aromatic carbocycles. The minimum absolute atomic E-state index is 0.0413. The lowest BCUT2D eigenvalue weighted by Crippen LogP contribution is -2.62. The third kappa shape index (κ3) is 6.08. The Labute approximate surface area is 246 Å². The molecule has 0 spiro atoms. The molecule has 41 heavy (non-hydrogen) atoms. The highest BCUT2D eigenvalue weighted by Gasteiger charge is 2.57. The Balaban J connectivity index is 1.32. The van der Waals surface area contributed by atoms with Crippen molar-refractivity contribution >= 4 is 11.8 Å². The highest BCUT2D eigenvalue weighted by molar-refractivity contribution is 5.82. The summed E-state index contributed by atoms with van der Waals surface area (Å²) in [5, 5.41) is 19.2. The van der Waals surface area contributed by atoms with Gasteiger partial charge in [0.15, 0.2) is 0 Å². The van der Waals surface area contributed by atoms with E-state index in [0.717, 1.165) is 43.2 Å². The summed E-state index contributed by atoms with van der Waals surface area (Å²) in [7, 11) is 3.82. The van der Waals surface area contributed by atoms with E-state index >= 15 is 0 Å². The number of fused-ring (bicyclic) bond motifs is 2. The molecule has 5 fully saturated rings. The maximum absolute atomic E-state index is 13.8. The van der Waals surface area contributed by atoms with E-state index in [2.05, 4.69) is 49.6 Å². The van der Waals surface area contributed by atoms with Crippen LogP contribution < -0.4 is 10.6 Å². The lowest BCUT2D eigenvalue weighted by Gasteiger charge is -2.62. The Morgan fingerprint density at radius 1 is 1.17 bits per heavy atom. The van der Waals surface area contributed by atoms with Gasteiger partial charge in [0.25, 0.3) is 0 Å². The highest BCUT2D eigenvalue weighted by Crippen LogP contribution is 2.61. The number of carbonyl (C=O) groups is 2. The summed E-state index contributed by atoms with van der Waals surface area (Å²) in [5.41, 5.74) is 2.13. The summed E-state index contributed by atoms with van der Waals surface area (Å²) >= 11 is 0. The number of nitrogens with zero attached hydrogens (tertiary/aromatic N) is 2. The fourth-order valence-electron chi connectivity index (χ4n) is 8.43. The van der Waals surface area contributed by atoms with Gasteiger partial charge in [-0.3, -0.25) is 14.4 Å². The van der Waals surface area contributed by atoms with E-state index in [9.17, 15) is 14.7 Å². The first kappa shape index (κ1) is 30.5. The Morgan fingerprint density at radius 2 is 1.90 bits per heavy atom. The number of nitrogens with one attached hydrogen (secondary N) is 2. The molecule has 5 aliphatic rings. The zero-order chi connectivity index (χ0) is 29.5. The lowest BCUT2D eigenvalue weighted by atomic mass is 9.45. The van der Waals surface area contributed by atoms with Crippen molar-refractivity contribution in [3.05, 3.63) is 35.4 Å². The molecule has 8 nitrogen and oxygen atoms in total. The number of amides is 2. The molecule has 0 aromatic heterocycles. The summed E-state index contributed by atoms with van der Waals surface area (Å²) < 4.78 is 0. The van der Waals surface area contributed by atoms with Crippen molar-refractivity contribution in [2.75, 3.05) is 27.2 Å². The molecule has 1 heterocycles. The Bertz CT molecular complexity index is 1100. The van der Waals surface area contributed by atoms with Crippen LogP contribution in [0, 0.1) is 29.1 Å². The van der Waals surface area contributed by atoms with Gasteiger partial charge in [0.2, 0.25) is 11.8 Å². The standard InChI is InChI=1S/C33H52N4O4/c1-21-27-16-25(32(27,3)4)17-28(21)34-31(40)30-26(22(2)38)20-41-37(30)18-23-11-10-12-24(15-23)33(13-8-7-9-14-33)35-29(39)19-36(5)6/h10-12,15,21-22,25-28,30,38H,7-9,13-14,16-20H2,1-6H3,(H,34,40)(H,35,39)/t21?,22-,25+,26-,27-,28-,30-/m0/s1. The number of hydrogen-bond acceptors (Lipinski definition) is 6. The van der Waals surface area contributed by atoms with Gasteiger partial charge >= 0.3 is 0 Å². The van der Waals surface area contributed by atoms with Crippen molar-refractivity contribution in [2.24, 2.45) is 29.1 Å². The first-order chi connectivity index (χ1) is 19.4. The van der Waals surface area contributed by atoms with E-state index in [1.165, 1.54) is 12.8 Å². The number of benzene rings is 1. The molecule has 4 saturated carbocycles. The predicted octanol–water partition coefficient (Wildman–Crippen LogP) is 3.82. The monoisotopic (exact) mass is 568 g/mol. The number of aliphatic hydroxyl groups excluding tert-OH is 1. The van der Waals surface area contributed by atoms with Crippen molar-refractivity contribution in [1.29, 1.82) is 0 Å². The number of aliphatic hydroxyl groups is 1. The van der Waals surface area contributed by atoms with Gasteiger partial charge in [-0.25, -0.2) is 0 Å². The molecular formula is C33H52N4O4. The average Bonchev–Trinajstić information content (AvgIpc) is 3.33. The predicted molar refractivity (Wildman–Crippen MR) is 159 cm³/mol. The second kappa shape index (κ2) is 11.9. The smallest absolute Gasteiger partial charge is 0.240 e. The van der Waals surface area contributed by atoms with Crippen molar-refractivity contribution in [2.45, 2.75) is 103 Å². The van der Waals surface area contributed by atoms with Crippen molar-refractivity contribution in [1.82, 2.24) is 20.6 Å². The Hall–Kier alpha value is -2.00. The number of likely N-dealkylation sites (N-methyl/N-ethyl adjacent to an activating group) is 1. The molecule has 8 heteroatoms. The van der Waals surface area contributed by atoms with Crippen LogP contribution in [0.5, 0.6) is 0 Å². The summed E-state index contributed by atoms with van der Waals surface area (Å²) in [5.74, 6) is 1.44. The molecule has 1 aromatic rings. The largest absolute Gasteiger partial charge is 0.393 e. The van der Waals surface area contributed by atoms with Crippen molar-refractivity contribution in [3.8, 4) is 0 Å². The van der Waals surface area contributed by atoms with Crippen LogP contribution in [-0.2, 0) is 26.5 Å². The van der Waals surface area contributed by atoms with Gasteiger partial charge < -0.3 is 20.6 Å². The Kier molecular flexibility index (Phi) is 8.87. The molecule has 6 rings (SSSR count). The molecule has 3 N–H and O–H groups in total. The number of rotatable bonds is 9. The molecule has 228 valence electrons. The molecule has 1 unspecified atom stereocenters. The second-order valence-corrected chi connectivity index (χ2v) is 14.4. The van der Waals surface area contributed by atoms with E-state index in [0.29, 0.717) is 42.9 Å². The van der Waals surface area contributed by atoms with Crippen LogP contribution in [0.3, 0.4) is 0 Å². The van der Waals surface area contributed by atoms with Gasteiger partial charge in [0.1, 0.15) is 6.04 Å². The van der Waals surface area contributed by atoms with Gasteiger partial charge in [0, 0.05) is 12.0 Å². The molecular weight excluding hydrogens is 516 g/mol. The van der Waals surface area contributed by atoms with Crippen LogP contribution in [-0.4, -0.2) is 72.3 Å². The fourth-order valence-corrected chi connectivity index (χ4v) is 8.43. The number of hydroxylamine groups is 2. The zero-order valence-corrected chi connectivity index (χ0v) is 26.0. The van der Waals surface area contributed by atoms with Gasteiger partial charge in [-0.05, 0) is 81.0 Å². The Morgan fingerprint density at radius 3 is 2.54 bits per heavy atom. The third-order valence-electron chi connectivity index (χ3n) is 11.1. The SMILES string of the molecule is CC1[C@@H](NC(=O)[C@@H]2[C@H]([C@H](C)O)CON2Cc2cccc(C3(NC(=O)CN(C)C)CCCCC3)c2)C[C@H]2C[C@@H]1C2(C)C.